The van der Waals surface area contributed by atoms with Gasteiger partial charge in [-0.2, -0.15) is 5.11 Å². The molecule has 0 heterocycles. The van der Waals surface area contributed by atoms with E-state index in [2.05, 4.69) is 10.2 Å². The number of carbonyl (C=O) groups is 1. The van der Waals surface area contributed by atoms with E-state index in [1.165, 1.54) is 4.90 Å². The average molecular weight is 314 g/mol. The van der Waals surface area contributed by atoms with Crippen LogP contribution in [0.5, 0.6) is 11.5 Å². The standard InChI is InChI=1S/C16H14N2O3S/c1-22-16-8-6-15(7-9-16)21-14-4-2-12(3-5-14)17-18-13(10-19)11-20/h2-11,19H,1H3. The van der Waals surface area contributed by atoms with Gasteiger partial charge in [-0.1, -0.05) is 0 Å². The topological polar surface area (TPSA) is 71.2 Å². The van der Waals surface area contributed by atoms with Crippen LogP contribution in [0, 0.1) is 0 Å². The van der Waals surface area contributed by atoms with Crippen molar-refractivity contribution in [3.63, 3.8) is 0 Å². The van der Waals surface area contributed by atoms with E-state index < -0.39 is 0 Å². The Morgan fingerprint density at radius 1 is 1.09 bits per heavy atom. The lowest BCUT2D eigenvalue weighted by atomic mass is 10.3. The van der Waals surface area contributed by atoms with Gasteiger partial charge in [0.2, 0.25) is 0 Å². The number of carbonyl (C=O) groups excluding carboxylic acids is 1. The molecule has 5 nitrogen and oxygen atoms in total. The van der Waals surface area contributed by atoms with Gasteiger partial charge < -0.3 is 9.84 Å². The molecular formula is C16H14N2O3S. The van der Waals surface area contributed by atoms with Crippen molar-refractivity contribution >= 4 is 23.7 Å². The molecule has 0 aliphatic rings. The first-order valence-corrected chi connectivity index (χ1v) is 7.61. The summed E-state index contributed by atoms with van der Waals surface area (Å²) >= 11 is 1.67. The summed E-state index contributed by atoms with van der Waals surface area (Å²) in [7, 11) is 0. The smallest absolute Gasteiger partial charge is 0.173 e. The summed E-state index contributed by atoms with van der Waals surface area (Å²) in [6.45, 7) is 0. The van der Waals surface area contributed by atoms with Crippen molar-refractivity contribution in [3.8, 4) is 11.5 Å². The number of nitrogens with zero attached hydrogens (tertiary/aromatic N) is 2. The monoisotopic (exact) mass is 314 g/mol. The van der Waals surface area contributed by atoms with Crippen LogP contribution in [0.1, 0.15) is 0 Å². The minimum absolute atomic E-state index is 0.144. The number of hydrogen-bond donors (Lipinski definition) is 1. The first kappa shape index (κ1) is 15.8. The third-order valence-corrected chi connectivity index (χ3v) is 3.41. The van der Waals surface area contributed by atoms with Gasteiger partial charge in [-0.3, -0.25) is 4.79 Å². The summed E-state index contributed by atoms with van der Waals surface area (Å²) in [5, 5.41) is 16.1. The molecule has 0 aliphatic heterocycles. The van der Waals surface area contributed by atoms with E-state index in [1.807, 2.05) is 30.5 Å². The number of benzene rings is 2. The lowest BCUT2D eigenvalue weighted by Gasteiger charge is -2.06. The highest BCUT2D eigenvalue weighted by molar-refractivity contribution is 7.98. The summed E-state index contributed by atoms with van der Waals surface area (Å²) in [6.07, 6.45) is 3.04. The molecule has 0 spiro atoms. The Morgan fingerprint density at radius 3 is 2.18 bits per heavy atom. The van der Waals surface area contributed by atoms with Crippen molar-refractivity contribution in [2.45, 2.75) is 4.90 Å². The largest absolute Gasteiger partial charge is 0.513 e. The first-order chi connectivity index (χ1) is 10.7. The Labute approximate surface area is 132 Å². The summed E-state index contributed by atoms with van der Waals surface area (Å²) in [5.74, 6) is 1.42. The highest BCUT2D eigenvalue weighted by Gasteiger charge is 1.99. The van der Waals surface area contributed by atoms with Crippen LogP contribution in [0.15, 0.2) is 75.6 Å². The van der Waals surface area contributed by atoms with Crippen molar-refractivity contribution in [2.75, 3.05) is 6.26 Å². The second kappa shape index (κ2) is 7.99. The van der Waals surface area contributed by atoms with Gasteiger partial charge in [0.15, 0.2) is 12.0 Å². The molecule has 0 aromatic heterocycles. The minimum atomic E-state index is -0.144. The first-order valence-electron chi connectivity index (χ1n) is 6.38. The molecule has 0 aliphatic carbocycles. The third-order valence-electron chi connectivity index (χ3n) is 2.67. The molecule has 2 aromatic carbocycles. The van der Waals surface area contributed by atoms with Crippen LogP contribution in [-0.4, -0.2) is 17.6 Å². The van der Waals surface area contributed by atoms with Crippen LogP contribution in [0.3, 0.4) is 0 Å². The molecule has 22 heavy (non-hydrogen) atoms. The van der Waals surface area contributed by atoms with E-state index in [-0.39, 0.29) is 5.70 Å². The molecule has 0 saturated heterocycles. The number of aliphatic hydroxyl groups excluding tert-OH is 1. The average Bonchev–Trinajstić information content (AvgIpc) is 2.58. The fourth-order valence-corrected chi connectivity index (χ4v) is 1.96. The number of hydrogen-bond acceptors (Lipinski definition) is 6. The summed E-state index contributed by atoms with van der Waals surface area (Å²) in [4.78, 5) is 11.6. The Balaban J connectivity index is 2.03. The SMILES string of the molecule is CSc1ccc(Oc2ccc(N=NC(C=O)=CO)cc2)cc1. The third kappa shape index (κ3) is 4.46. The molecule has 112 valence electrons. The van der Waals surface area contributed by atoms with Gasteiger partial charge >= 0.3 is 0 Å². The van der Waals surface area contributed by atoms with Crippen molar-refractivity contribution in [1.29, 1.82) is 0 Å². The van der Waals surface area contributed by atoms with E-state index in [0.717, 1.165) is 5.75 Å². The number of rotatable bonds is 6. The van der Waals surface area contributed by atoms with Gasteiger partial charge in [0.1, 0.15) is 17.8 Å². The molecule has 1 N–H and O–H groups in total. The van der Waals surface area contributed by atoms with Crippen LogP contribution < -0.4 is 4.74 Å². The van der Waals surface area contributed by atoms with E-state index in [4.69, 9.17) is 9.84 Å². The van der Waals surface area contributed by atoms with Gasteiger partial charge in [-0.05, 0) is 54.8 Å². The molecule has 0 radical (unpaired) electrons. The molecule has 2 rings (SSSR count). The predicted octanol–water partition coefficient (Wildman–Crippen LogP) is 4.88. The van der Waals surface area contributed by atoms with E-state index >= 15 is 0 Å². The highest BCUT2D eigenvalue weighted by Crippen LogP contribution is 2.26. The van der Waals surface area contributed by atoms with Crippen LogP contribution >= 0.6 is 11.8 Å². The van der Waals surface area contributed by atoms with E-state index in [0.29, 0.717) is 24.0 Å². The summed E-state index contributed by atoms with van der Waals surface area (Å²) < 4.78 is 5.71. The van der Waals surface area contributed by atoms with Crippen LogP contribution in [-0.2, 0) is 4.79 Å². The predicted molar refractivity (Wildman–Crippen MR) is 86.0 cm³/mol. The van der Waals surface area contributed by atoms with Crippen molar-refractivity contribution in [2.24, 2.45) is 10.2 Å². The number of thioether (sulfide) groups is 1. The van der Waals surface area contributed by atoms with Crippen LogP contribution in [0.2, 0.25) is 0 Å². The number of azo groups is 1. The van der Waals surface area contributed by atoms with Crippen LogP contribution in [0.4, 0.5) is 5.69 Å². The van der Waals surface area contributed by atoms with Gasteiger partial charge in [0.05, 0.1) is 5.69 Å². The fraction of sp³-hybridized carbons (Fsp3) is 0.0625. The Kier molecular flexibility index (Phi) is 5.73. The van der Waals surface area contributed by atoms with Crippen molar-refractivity contribution < 1.29 is 14.6 Å². The molecule has 2 aromatic rings. The molecule has 0 unspecified atom stereocenters. The molecule has 0 fully saturated rings. The summed E-state index contributed by atoms with van der Waals surface area (Å²) in [5.41, 5.74) is 0.403. The Hall–Kier alpha value is -2.60. The van der Waals surface area contributed by atoms with Gasteiger partial charge in [-0.25, -0.2) is 0 Å². The zero-order valence-corrected chi connectivity index (χ0v) is 12.7. The maximum absolute atomic E-state index is 10.5. The molecule has 0 amide bonds. The highest BCUT2D eigenvalue weighted by atomic mass is 32.2. The fourth-order valence-electron chi connectivity index (χ4n) is 1.56. The maximum Gasteiger partial charge on any atom is 0.173 e. The second-order valence-electron chi connectivity index (χ2n) is 4.14. The summed E-state index contributed by atoms with van der Waals surface area (Å²) in [6, 6.07) is 14.7. The van der Waals surface area contributed by atoms with E-state index in [9.17, 15) is 4.79 Å². The zero-order valence-electron chi connectivity index (χ0n) is 11.8. The van der Waals surface area contributed by atoms with Gasteiger partial charge in [-0.15, -0.1) is 16.9 Å². The van der Waals surface area contributed by atoms with Crippen molar-refractivity contribution in [3.05, 3.63) is 60.5 Å². The normalized spacial score (nSPS) is 11.6. The molecule has 0 saturated carbocycles. The molecule has 6 heteroatoms. The lowest BCUT2D eigenvalue weighted by Crippen LogP contribution is -1.83. The number of aldehydes is 1. The number of ether oxygens (including phenoxy) is 1. The van der Waals surface area contributed by atoms with Crippen molar-refractivity contribution in [1.82, 2.24) is 0 Å². The quantitative estimate of drug-likeness (QED) is 0.271. The Morgan fingerprint density at radius 2 is 1.68 bits per heavy atom. The zero-order chi connectivity index (χ0) is 15.8. The van der Waals surface area contributed by atoms with Crippen LogP contribution in [0.25, 0.3) is 0 Å². The molecule has 0 atom stereocenters. The van der Waals surface area contributed by atoms with E-state index in [1.54, 1.807) is 36.0 Å². The molecule has 0 bridgehead atoms. The Bertz CT molecular complexity index is 680. The second-order valence-corrected chi connectivity index (χ2v) is 5.02. The number of allylic oxidation sites excluding steroid dienone is 1. The number of aliphatic hydroxyl groups is 1. The van der Waals surface area contributed by atoms with Gasteiger partial charge in [0, 0.05) is 4.90 Å². The lowest BCUT2D eigenvalue weighted by molar-refractivity contribution is -0.105. The van der Waals surface area contributed by atoms with Gasteiger partial charge in [0.25, 0.3) is 0 Å². The molecular weight excluding hydrogens is 300 g/mol. The minimum Gasteiger partial charge on any atom is -0.513 e. The maximum atomic E-state index is 10.5.